The number of carbonyl (C=O) groups excluding carboxylic acids is 3. The van der Waals surface area contributed by atoms with Crippen LogP contribution in [0.5, 0.6) is 0 Å². The van der Waals surface area contributed by atoms with Crippen molar-refractivity contribution >= 4 is 17.8 Å². The molecule has 1 aliphatic carbocycles. The summed E-state index contributed by atoms with van der Waals surface area (Å²) in [5.74, 6) is -0.355. The number of hydrogen-bond donors (Lipinski definition) is 1. The third kappa shape index (κ3) is 2.60. The molecule has 2 saturated heterocycles. The zero-order valence-electron chi connectivity index (χ0n) is 14.2. The molecule has 0 unspecified atom stereocenters. The smallest absolute Gasteiger partial charge is 0.325 e. The molecule has 2 atom stereocenters. The highest BCUT2D eigenvalue weighted by Crippen LogP contribution is 2.36. The Balaban J connectivity index is 1.74. The maximum atomic E-state index is 12.8. The SMILES string of the molecule is C[C@H](C(=O)N1CCN(C)C[C@@H]1C)N1C(=O)NC2(CCCC2)C1=O. The van der Waals surface area contributed by atoms with Crippen LogP contribution in [0.2, 0.25) is 0 Å². The summed E-state index contributed by atoms with van der Waals surface area (Å²) in [6.45, 7) is 5.93. The molecular weight excluding hydrogens is 296 g/mol. The molecule has 0 radical (unpaired) electrons. The molecule has 0 aromatic heterocycles. The monoisotopic (exact) mass is 322 g/mol. The second-order valence-electron chi connectivity index (χ2n) is 7.21. The number of hydrogen-bond acceptors (Lipinski definition) is 4. The number of carbonyl (C=O) groups is 3. The number of nitrogens with zero attached hydrogens (tertiary/aromatic N) is 3. The van der Waals surface area contributed by atoms with E-state index in [9.17, 15) is 14.4 Å². The lowest BCUT2D eigenvalue weighted by Crippen LogP contribution is -2.58. The van der Waals surface area contributed by atoms with Crippen molar-refractivity contribution in [1.29, 1.82) is 0 Å². The van der Waals surface area contributed by atoms with Crippen LogP contribution in [0, 0.1) is 0 Å². The molecule has 1 saturated carbocycles. The minimum absolute atomic E-state index is 0.0879. The van der Waals surface area contributed by atoms with Crippen LogP contribution in [0.15, 0.2) is 0 Å². The highest BCUT2D eigenvalue weighted by atomic mass is 16.2. The van der Waals surface area contributed by atoms with E-state index < -0.39 is 17.6 Å². The van der Waals surface area contributed by atoms with Crippen molar-refractivity contribution in [2.24, 2.45) is 0 Å². The predicted octanol–water partition coefficient (Wildman–Crippen LogP) is 0.402. The first-order valence-corrected chi connectivity index (χ1v) is 8.50. The molecule has 2 aliphatic heterocycles. The Morgan fingerprint density at radius 3 is 2.52 bits per heavy atom. The Hall–Kier alpha value is -1.63. The fourth-order valence-electron chi connectivity index (χ4n) is 4.13. The number of piperazine rings is 1. The first-order valence-electron chi connectivity index (χ1n) is 8.50. The lowest BCUT2D eigenvalue weighted by molar-refractivity contribution is -0.145. The van der Waals surface area contributed by atoms with Gasteiger partial charge >= 0.3 is 6.03 Å². The fraction of sp³-hybridized carbons (Fsp3) is 0.812. The molecule has 23 heavy (non-hydrogen) atoms. The maximum absolute atomic E-state index is 12.8. The molecule has 128 valence electrons. The van der Waals surface area contributed by atoms with Crippen LogP contribution in [0.1, 0.15) is 39.5 Å². The molecule has 1 N–H and O–H groups in total. The lowest BCUT2D eigenvalue weighted by atomic mass is 9.97. The Morgan fingerprint density at radius 2 is 1.91 bits per heavy atom. The average molecular weight is 322 g/mol. The number of likely N-dealkylation sites (N-methyl/N-ethyl adjacent to an activating group) is 1. The van der Waals surface area contributed by atoms with Gasteiger partial charge in [0.05, 0.1) is 0 Å². The van der Waals surface area contributed by atoms with Crippen molar-refractivity contribution in [2.75, 3.05) is 26.7 Å². The second kappa shape index (κ2) is 5.78. The van der Waals surface area contributed by atoms with Gasteiger partial charge in [0.25, 0.3) is 5.91 Å². The summed E-state index contributed by atoms with van der Waals surface area (Å²) >= 11 is 0. The first-order chi connectivity index (χ1) is 10.9. The van der Waals surface area contributed by atoms with Crippen LogP contribution >= 0.6 is 0 Å². The van der Waals surface area contributed by atoms with Gasteiger partial charge in [0, 0.05) is 25.7 Å². The van der Waals surface area contributed by atoms with E-state index in [2.05, 4.69) is 10.2 Å². The summed E-state index contributed by atoms with van der Waals surface area (Å²) in [5, 5.41) is 2.84. The molecule has 0 bridgehead atoms. The molecule has 7 nitrogen and oxygen atoms in total. The molecule has 3 rings (SSSR count). The van der Waals surface area contributed by atoms with E-state index in [0.717, 1.165) is 30.8 Å². The molecule has 3 aliphatic rings. The third-order valence-electron chi connectivity index (χ3n) is 5.51. The standard InChI is InChI=1S/C16H26N4O3/c1-11-10-18(3)8-9-19(11)13(21)12(2)20-14(22)16(17-15(20)23)6-4-5-7-16/h11-12H,4-10H2,1-3H3,(H,17,23)/t11-,12+/m0/s1. The van der Waals surface area contributed by atoms with Crippen LogP contribution in [0.25, 0.3) is 0 Å². The molecule has 0 aromatic carbocycles. The lowest BCUT2D eigenvalue weighted by Gasteiger charge is -2.40. The van der Waals surface area contributed by atoms with Gasteiger partial charge in [0.1, 0.15) is 11.6 Å². The van der Waals surface area contributed by atoms with Crippen LogP contribution in [0.4, 0.5) is 4.79 Å². The van der Waals surface area contributed by atoms with Gasteiger partial charge in [-0.3, -0.25) is 9.59 Å². The van der Waals surface area contributed by atoms with Crippen molar-refractivity contribution in [2.45, 2.75) is 57.2 Å². The Bertz CT molecular complexity index is 529. The summed E-state index contributed by atoms with van der Waals surface area (Å²) in [6, 6.07) is -1.07. The summed E-state index contributed by atoms with van der Waals surface area (Å²) < 4.78 is 0. The van der Waals surface area contributed by atoms with Gasteiger partial charge in [-0.15, -0.1) is 0 Å². The quantitative estimate of drug-likeness (QED) is 0.747. The van der Waals surface area contributed by atoms with Gasteiger partial charge in [-0.25, -0.2) is 9.69 Å². The van der Waals surface area contributed by atoms with Gasteiger partial charge in [-0.1, -0.05) is 12.8 Å². The Morgan fingerprint density at radius 1 is 1.26 bits per heavy atom. The van der Waals surface area contributed by atoms with Crippen LogP contribution in [-0.4, -0.2) is 76.8 Å². The number of imide groups is 1. The number of amides is 4. The van der Waals surface area contributed by atoms with Crippen LogP contribution < -0.4 is 5.32 Å². The number of urea groups is 1. The second-order valence-corrected chi connectivity index (χ2v) is 7.21. The molecule has 2 heterocycles. The van der Waals surface area contributed by atoms with E-state index >= 15 is 0 Å². The number of rotatable bonds is 2. The molecule has 4 amide bonds. The van der Waals surface area contributed by atoms with Gasteiger partial charge < -0.3 is 15.1 Å². The minimum Gasteiger partial charge on any atom is -0.336 e. The van der Waals surface area contributed by atoms with Crippen LogP contribution in [-0.2, 0) is 9.59 Å². The third-order valence-corrected chi connectivity index (χ3v) is 5.51. The van der Waals surface area contributed by atoms with Crippen molar-refractivity contribution in [1.82, 2.24) is 20.0 Å². The molecule has 7 heteroatoms. The van der Waals surface area contributed by atoms with E-state index in [4.69, 9.17) is 0 Å². The topological polar surface area (TPSA) is 73.0 Å². The minimum atomic E-state index is -0.751. The van der Waals surface area contributed by atoms with Crippen molar-refractivity contribution < 1.29 is 14.4 Å². The van der Waals surface area contributed by atoms with E-state index in [0.29, 0.717) is 19.4 Å². The fourth-order valence-corrected chi connectivity index (χ4v) is 4.13. The van der Waals surface area contributed by atoms with Gasteiger partial charge in [-0.05, 0) is 33.7 Å². The molecule has 1 spiro atoms. The zero-order chi connectivity index (χ0) is 16.8. The van der Waals surface area contributed by atoms with E-state index in [1.807, 2.05) is 14.0 Å². The number of nitrogens with one attached hydrogen (secondary N) is 1. The van der Waals surface area contributed by atoms with Gasteiger partial charge in [-0.2, -0.15) is 0 Å². The average Bonchev–Trinajstić information content (AvgIpc) is 3.04. The molecule has 3 fully saturated rings. The Labute approximate surface area is 137 Å². The van der Waals surface area contributed by atoms with Gasteiger partial charge in [0.2, 0.25) is 5.91 Å². The maximum Gasteiger partial charge on any atom is 0.325 e. The van der Waals surface area contributed by atoms with E-state index in [-0.39, 0.29) is 17.9 Å². The Kier molecular flexibility index (Phi) is 4.08. The predicted molar refractivity (Wildman–Crippen MR) is 84.7 cm³/mol. The van der Waals surface area contributed by atoms with Crippen molar-refractivity contribution in [3.8, 4) is 0 Å². The van der Waals surface area contributed by atoms with Crippen LogP contribution in [0.3, 0.4) is 0 Å². The first kappa shape index (κ1) is 16.2. The zero-order valence-corrected chi connectivity index (χ0v) is 14.2. The molecular formula is C16H26N4O3. The summed E-state index contributed by atoms with van der Waals surface area (Å²) in [6.07, 6.45) is 3.25. The summed E-state index contributed by atoms with van der Waals surface area (Å²) in [7, 11) is 2.03. The summed E-state index contributed by atoms with van der Waals surface area (Å²) in [4.78, 5) is 43.0. The normalized spacial score (nSPS) is 29.3. The summed E-state index contributed by atoms with van der Waals surface area (Å²) in [5.41, 5.74) is -0.751. The molecule has 0 aromatic rings. The highest BCUT2D eigenvalue weighted by Gasteiger charge is 2.55. The highest BCUT2D eigenvalue weighted by molar-refractivity contribution is 6.10. The largest absolute Gasteiger partial charge is 0.336 e. The van der Waals surface area contributed by atoms with E-state index in [1.54, 1.807) is 11.8 Å². The van der Waals surface area contributed by atoms with Crippen molar-refractivity contribution in [3.05, 3.63) is 0 Å². The van der Waals surface area contributed by atoms with Gasteiger partial charge in [0.15, 0.2) is 0 Å². The van der Waals surface area contributed by atoms with E-state index in [1.165, 1.54) is 0 Å². The van der Waals surface area contributed by atoms with Crippen molar-refractivity contribution in [3.63, 3.8) is 0 Å².